The minimum atomic E-state index is -1.10. The van der Waals surface area contributed by atoms with Gasteiger partial charge in [0.25, 0.3) is 5.91 Å². The molecule has 19 heavy (non-hydrogen) atoms. The molecule has 2 N–H and O–H groups in total. The zero-order valence-electron chi connectivity index (χ0n) is 10.8. The Morgan fingerprint density at radius 2 is 1.84 bits per heavy atom. The van der Waals surface area contributed by atoms with Crippen LogP contribution in [0.15, 0.2) is 18.2 Å². The molecule has 0 aliphatic rings. The van der Waals surface area contributed by atoms with E-state index >= 15 is 0 Å². The molecule has 0 saturated carbocycles. The van der Waals surface area contributed by atoms with E-state index in [-0.39, 0.29) is 10.6 Å². The second kappa shape index (κ2) is 5.80. The fourth-order valence-corrected chi connectivity index (χ4v) is 1.90. The molecule has 1 atom stereocenters. The van der Waals surface area contributed by atoms with Gasteiger partial charge in [-0.15, -0.1) is 0 Å². The van der Waals surface area contributed by atoms with Crippen LogP contribution in [0.25, 0.3) is 0 Å². The third-order valence-electron chi connectivity index (χ3n) is 2.56. The van der Waals surface area contributed by atoms with Crippen molar-refractivity contribution in [2.75, 3.05) is 0 Å². The summed E-state index contributed by atoms with van der Waals surface area (Å²) >= 11 is 11.7. The summed E-state index contributed by atoms with van der Waals surface area (Å²) in [7, 11) is 0. The Morgan fingerprint density at radius 1 is 1.26 bits per heavy atom. The lowest BCUT2D eigenvalue weighted by atomic mass is 9.86. The van der Waals surface area contributed by atoms with Crippen LogP contribution < -0.4 is 5.32 Å². The smallest absolute Gasteiger partial charge is 0.326 e. The summed E-state index contributed by atoms with van der Waals surface area (Å²) in [6.45, 7) is 5.18. The highest BCUT2D eigenvalue weighted by atomic mass is 35.5. The zero-order valence-corrected chi connectivity index (χ0v) is 12.3. The summed E-state index contributed by atoms with van der Waals surface area (Å²) in [5.41, 5.74) is -0.461. The van der Waals surface area contributed by atoms with Gasteiger partial charge in [-0.05, 0) is 23.6 Å². The van der Waals surface area contributed by atoms with Crippen LogP contribution in [-0.4, -0.2) is 23.0 Å². The van der Waals surface area contributed by atoms with Crippen molar-refractivity contribution in [3.63, 3.8) is 0 Å². The Bertz CT molecular complexity index is 509. The first-order valence-electron chi connectivity index (χ1n) is 5.61. The largest absolute Gasteiger partial charge is 0.480 e. The van der Waals surface area contributed by atoms with Crippen LogP contribution in [-0.2, 0) is 4.79 Å². The van der Waals surface area contributed by atoms with Gasteiger partial charge in [-0.25, -0.2) is 4.79 Å². The molecule has 0 aliphatic heterocycles. The van der Waals surface area contributed by atoms with Crippen molar-refractivity contribution in [2.24, 2.45) is 5.41 Å². The first-order valence-corrected chi connectivity index (χ1v) is 6.37. The number of halogens is 2. The lowest BCUT2D eigenvalue weighted by Gasteiger charge is -2.27. The fraction of sp³-hybridized carbons (Fsp3) is 0.385. The predicted octanol–water partition coefficient (Wildman–Crippen LogP) is 3.22. The van der Waals surface area contributed by atoms with Crippen LogP contribution in [0.4, 0.5) is 0 Å². The summed E-state index contributed by atoms with van der Waals surface area (Å²) in [5.74, 6) is -1.66. The van der Waals surface area contributed by atoms with Crippen LogP contribution in [0, 0.1) is 5.41 Å². The maximum absolute atomic E-state index is 12.1. The molecule has 1 rings (SSSR count). The summed E-state index contributed by atoms with van der Waals surface area (Å²) in [6.07, 6.45) is 0. The van der Waals surface area contributed by atoms with E-state index in [4.69, 9.17) is 28.3 Å². The number of carbonyl (C=O) groups is 2. The first kappa shape index (κ1) is 15.8. The molecular weight excluding hydrogens is 289 g/mol. The number of carboxylic acid groups (broad SMARTS) is 1. The highest BCUT2D eigenvalue weighted by Crippen LogP contribution is 2.23. The molecule has 0 saturated heterocycles. The monoisotopic (exact) mass is 303 g/mol. The van der Waals surface area contributed by atoms with Crippen LogP contribution in [0.3, 0.4) is 0 Å². The zero-order chi connectivity index (χ0) is 14.8. The molecule has 0 bridgehead atoms. The Labute approximate surface area is 121 Å². The van der Waals surface area contributed by atoms with E-state index in [1.807, 2.05) is 0 Å². The van der Waals surface area contributed by atoms with Gasteiger partial charge in [0.15, 0.2) is 0 Å². The van der Waals surface area contributed by atoms with Crippen molar-refractivity contribution < 1.29 is 14.7 Å². The highest BCUT2D eigenvalue weighted by Gasteiger charge is 2.33. The number of aliphatic carboxylic acids is 1. The number of carbonyl (C=O) groups excluding carboxylic acids is 1. The lowest BCUT2D eigenvalue weighted by molar-refractivity contribution is -0.142. The van der Waals surface area contributed by atoms with Crippen LogP contribution in [0.1, 0.15) is 31.1 Å². The molecule has 6 heteroatoms. The van der Waals surface area contributed by atoms with Gasteiger partial charge in [0, 0.05) is 5.02 Å². The lowest BCUT2D eigenvalue weighted by Crippen LogP contribution is -2.49. The first-order chi connectivity index (χ1) is 8.62. The average Bonchev–Trinajstić information content (AvgIpc) is 2.26. The predicted molar refractivity (Wildman–Crippen MR) is 74.8 cm³/mol. The number of rotatable bonds is 3. The van der Waals surface area contributed by atoms with E-state index < -0.39 is 23.3 Å². The molecule has 104 valence electrons. The standard InChI is InChI=1S/C13H15Cl2NO3/c1-13(2,3)10(12(18)19)16-11(17)8-6-7(14)4-5-9(8)15/h4-6,10H,1-3H3,(H,16,17)(H,18,19)/t10-/m0/s1. The van der Waals surface area contributed by atoms with E-state index in [2.05, 4.69) is 5.32 Å². The Hall–Kier alpha value is -1.26. The molecule has 4 nitrogen and oxygen atoms in total. The second-order valence-corrected chi connectivity index (χ2v) is 6.08. The third-order valence-corrected chi connectivity index (χ3v) is 3.13. The van der Waals surface area contributed by atoms with Crippen molar-refractivity contribution in [3.05, 3.63) is 33.8 Å². The Balaban J connectivity index is 3.01. The summed E-state index contributed by atoms with van der Waals surface area (Å²) in [6, 6.07) is 3.43. The van der Waals surface area contributed by atoms with E-state index in [0.29, 0.717) is 5.02 Å². The number of nitrogens with one attached hydrogen (secondary N) is 1. The third kappa shape index (κ3) is 4.11. The van der Waals surface area contributed by atoms with Crippen LogP contribution in [0.5, 0.6) is 0 Å². The van der Waals surface area contributed by atoms with Crippen molar-refractivity contribution in [3.8, 4) is 0 Å². The summed E-state index contributed by atoms with van der Waals surface area (Å²) in [5, 5.41) is 12.2. The summed E-state index contributed by atoms with van der Waals surface area (Å²) in [4.78, 5) is 23.3. The fourth-order valence-electron chi connectivity index (χ4n) is 1.53. The maximum atomic E-state index is 12.1. The minimum Gasteiger partial charge on any atom is -0.480 e. The summed E-state index contributed by atoms with van der Waals surface area (Å²) < 4.78 is 0. The minimum absolute atomic E-state index is 0.157. The van der Waals surface area contributed by atoms with Crippen LogP contribution >= 0.6 is 23.2 Å². The van der Waals surface area contributed by atoms with E-state index in [9.17, 15) is 9.59 Å². The Morgan fingerprint density at radius 3 is 2.32 bits per heavy atom. The van der Waals surface area contributed by atoms with Crippen molar-refractivity contribution in [1.82, 2.24) is 5.32 Å². The van der Waals surface area contributed by atoms with Crippen molar-refractivity contribution in [1.29, 1.82) is 0 Å². The van der Waals surface area contributed by atoms with E-state index in [0.717, 1.165) is 0 Å². The maximum Gasteiger partial charge on any atom is 0.326 e. The van der Waals surface area contributed by atoms with Crippen molar-refractivity contribution >= 4 is 35.1 Å². The van der Waals surface area contributed by atoms with Crippen LogP contribution in [0.2, 0.25) is 10.0 Å². The molecule has 0 fully saturated rings. The number of hydrogen-bond donors (Lipinski definition) is 2. The molecule has 0 aliphatic carbocycles. The van der Waals surface area contributed by atoms with E-state index in [1.54, 1.807) is 26.8 Å². The van der Waals surface area contributed by atoms with Crippen molar-refractivity contribution in [2.45, 2.75) is 26.8 Å². The topological polar surface area (TPSA) is 66.4 Å². The number of amides is 1. The normalized spacial score (nSPS) is 12.9. The van der Waals surface area contributed by atoms with Gasteiger partial charge >= 0.3 is 5.97 Å². The molecule has 0 radical (unpaired) electrons. The SMILES string of the molecule is CC(C)(C)[C@@H](NC(=O)c1cc(Cl)ccc1Cl)C(=O)O. The molecule has 1 aromatic rings. The van der Waals surface area contributed by atoms with Gasteiger partial charge < -0.3 is 10.4 Å². The molecule has 0 unspecified atom stereocenters. The van der Waals surface area contributed by atoms with Gasteiger partial charge in [-0.3, -0.25) is 4.79 Å². The molecule has 1 aromatic carbocycles. The quantitative estimate of drug-likeness (QED) is 0.901. The number of hydrogen-bond acceptors (Lipinski definition) is 2. The van der Waals surface area contributed by atoms with Gasteiger partial charge in [0.05, 0.1) is 10.6 Å². The molecule has 1 amide bonds. The average molecular weight is 304 g/mol. The Kier molecular flexibility index (Phi) is 4.82. The van der Waals surface area contributed by atoms with Gasteiger partial charge in [-0.1, -0.05) is 44.0 Å². The molecular formula is C13H15Cl2NO3. The van der Waals surface area contributed by atoms with Gasteiger partial charge in [0.1, 0.15) is 6.04 Å². The van der Waals surface area contributed by atoms with Gasteiger partial charge in [0.2, 0.25) is 0 Å². The molecule has 0 spiro atoms. The second-order valence-electron chi connectivity index (χ2n) is 5.23. The highest BCUT2D eigenvalue weighted by molar-refractivity contribution is 6.35. The molecule has 0 aromatic heterocycles. The van der Waals surface area contributed by atoms with Gasteiger partial charge in [-0.2, -0.15) is 0 Å². The van der Waals surface area contributed by atoms with E-state index in [1.165, 1.54) is 12.1 Å². The number of carboxylic acids is 1. The molecule has 0 heterocycles. The number of benzene rings is 1.